The first kappa shape index (κ1) is 15.1. The number of para-hydroxylation sites is 2. The summed E-state index contributed by atoms with van der Waals surface area (Å²) < 4.78 is 5.07. The fourth-order valence-electron chi connectivity index (χ4n) is 2.53. The summed E-state index contributed by atoms with van der Waals surface area (Å²) in [5.74, 6) is 2.15. The van der Waals surface area contributed by atoms with Gasteiger partial charge >= 0.3 is 0 Å². The maximum absolute atomic E-state index is 5.07. The van der Waals surface area contributed by atoms with Crippen LogP contribution in [-0.4, -0.2) is 32.0 Å². The van der Waals surface area contributed by atoms with Gasteiger partial charge in [0, 0.05) is 23.9 Å². The van der Waals surface area contributed by atoms with Crippen LogP contribution in [0.1, 0.15) is 5.82 Å². The van der Waals surface area contributed by atoms with Crippen LogP contribution in [-0.2, 0) is 6.54 Å². The first-order chi connectivity index (χ1) is 12.3. The summed E-state index contributed by atoms with van der Waals surface area (Å²) >= 11 is 0. The molecule has 0 atom stereocenters. The Morgan fingerprint density at radius 1 is 1.08 bits per heavy atom. The average molecular weight is 332 g/mol. The molecular formula is C18H16N6O. The summed E-state index contributed by atoms with van der Waals surface area (Å²) in [5, 5.41) is 3.26. The van der Waals surface area contributed by atoms with E-state index in [0.29, 0.717) is 12.4 Å². The first-order valence-electron chi connectivity index (χ1n) is 7.82. The number of aromatic nitrogens is 5. The highest BCUT2D eigenvalue weighted by Crippen LogP contribution is 2.20. The monoisotopic (exact) mass is 332 g/mol. The van der Waals surface area contributed by atoms with Crippen molar-refractivity contribution in [2.45, 2.75) is 6.54 Å². The molecule has 2 N–H and O–H groups in total. The third-order valence-corrected chi connectivity index (χ3v) is 3.78. The molecule has 0 radical (unpaired) electrons. The van der Waals surface area contributed by atoms with Gasteiger partial charge in [0.25, 0.3) is 0 Å². The lowest BCUT2D eigenvalue weighted by Crippen LogP contribution is -2.03. The zero-order chi connectivity index (χ0) is 17.1. The molecule has 0 fully saturated rings. The third-order valence-electron chi connectivity index (χ3n) is 3.78. The van der Waals surface area contributed by atoms with Crippen LogP contribution in [0.3, 0.4) is 0 Å². The lowest BCUT2D eigenvalue weighted by Gasteiger charge is -2.06. The number of benzene rings is 1. The van der Waals surface area contributed by atoms with E-state index in [4.69, 9.17) is 4.74 Å². The molecule has 7 heteroatoms. The van der Waals surface area contributed by atoms with E-state index in [-0.39, 0.29) is 0 Å². The van der Waals surface area contributed by atoms with Crippen molar-refractivity contribution >= 4 is 16.9 Å². The van der Waals surface area contributed by atoms with Crippen LogP contribution in [0, 0.1) is 0 Å². The molecule has 0 spiro atoms. The van der Waals surface area contributed by atoms with E-state index in [2.05, 4.69) is 30.2 Å². The molecule has 0 aliphatic rings. The number of hydrogen-bond acceptors (Lipinski definition) is 6. The molecule has 7 nitrogen and oxygen atoms in total. The molecule has 0 unspecified atom stereocenters. The molecule has 0 aliphatic carbocycles. The Balaban J connectivity index is 1.50. The fourth-order valence-corrected chi connectivity index (χ4v) is 2.53. The minimum atomic E-state index is 0.548. The summed E-state index contributed by atoms with van der Waals surface area (Å²) in [5.41, 5.74) is 3.66. The van der Waals surface area contributed by atoms with Gasteiger partial charge in [-0.15, -0.1) is 0 Å². The summed E-state index contributed by atoms with van der Waals surface area (Å²) in [6.45, 7) is 0.548. The number of aromatic amines is 1. The Morgan fingerprint density at radius 3 is 2.80 bits per heavy atom. The SMILES string of the molecule is COc1ccc(-c2cc(NCc3nc4ccccc4[nH]3)ncn2)cn1. The van der Waals surface area contributed by atoms with Gasteiger partial charge in [-0.25, -0.2) is 19.9 Å². The Hall–Kier alpha value is -3.48. The van der Waals surface area contributed by atoms with Crippen molar-refractivity contribution in [1.82, 2.24) is 24.9 Å². The second kappa shape index (κ2) is 6.56. The van der Waals surface area contributed by atoms with Crippen molar-refractivity contribution in [3.05, 3.63) is 60.8 Å². The van der Waals surface area contributed by atoms with E-state index in [1.54, 1.807) is 19.4 Å². The van der Waals surface area contributed by atoms with Crippen LogP contribution in [0.2, 0.25) is 0 Å². The van der Waals surface area contributed by atoms with Gasteiger partial charge in [0.15, 0.2) is 0 Å². The molecule has 0 bridgehead atoms. The number of ether oxygens (including phenoxy) is 1. The highest BCUT2D eigenvalue weighted by atomic mass is 16.5. The molecule has 124 valence electrons. The Morgan fingerprint density at radius 2 is 2.00 bits per heavy atom. The normalized spacial score (nSPS) is 10.8. The predicted molar refractivity (Wildman–Crippen MR) is 95.2 cm³/mol. The van der Waals surface area contributed by atoms with Crippen molar-refractivity contribution in [3.8, 4) is 17.1 Å². The van der Waals surface area contributed by atoms with E-state index >= 15 is 0 Å². The second-order valence-electron chi connectivity index (χ2n) is 5.43. The molecule has 4 rings (SSSR count). The molecule has 1 aromatic carbocycles. The summed E-state index contributed by atoms with van der Waals surface area (Å²) in [6, 6.07) is 13.5. The van der Waals surface area contributed by atoms with Gasteiger partial charge < -0.3 is 15.0 Å². The van der Waals surface area contributed by atoms with Gasteiger partial charge in [-0.3, -0.25) is 0 Å². The number of fused-ring (bicyclic) bond motifs is 1. The minimum Gasteiger partial charge on any atom is -0.481 e. The van der Waals surface area contributed by atoms with Crippen molar-refractivity contribution in [1.29, 1.82) is 0 Å². The van der Waals surface area contributed by atoms with Gasteiger partial charge in [-0.05, 0) is 18.2 Å². The number of H-pyrrole nitrogens is 1. The second-order valence-corrected chi connectivity index (χ2v) is 5.43. The molecule has 4 aromatic rings. The molecule has 3 heterocycles. The lowest BCUT2D eigenvalue weighted by molar-refractivity contribution is 0.398. The van der Waals surface area contributed by atoms with Crippen LogP contribution >= 0.6 is 0 Å². The summed E-state index contributed by atoms with van der Waals surface area (Å²) in [7, 11) is 1.59. The Bertz CT molecular complexity index is 963. The highest BCUT2D eigenvalue weighted by molar-refractivity contribution is 5.74. The number of imidazole rings is 1. The Labute approximate surface area is 144 Å². The Kier molecular flexibility index (Phi) is 3.96. The molecule has 0 saturated heterocycles. The predicted octanol–water partition coefficient (Wildman–Crippen LogP) is 3.04. The van der Waals surface area contributed by atoms with Gasteiger partial charge in [0.2, 0.25) is 5.88 Å². The van der Waals surface area contributed by atoms with Gasteiger partial charge in [0.1, 0.15) is 18.0 Å². The van der Waals surface area contributed by atoms with Crippen LogP contribution in [0.15, 0.2) is 55.0 Å². The minimum absolute atomic E-state index is 0.548. The van der Waals surface area contributed by atoms with Crippen molar-refractivity contribution in [2.24, 2.45) is 0 Å². The number of pyridine rings is 1. The smallest absolute Gasteiger partial charge is 0.212 e. The molecule has 0 saturated carbocycles. The molecule has 0 aliphatic heterocycles. The van der Waals surface area contributed by atoms with E-state index in [0.717, 1.165) is 33.9 Å². The van der Waals surface area contributed by atoms with Gasteiger partial charge in [-0.1, -0.05) is 12.1 Å². The van der Waals surface area contributed by atoms with Crippen molar-refractivity contribution in [3.63, 3.8) is 0 Å². The lowest BCUT2D eigenvalue weighted by atomic mass is 10.2. The molecule has 0 amide bonds. The molecular weight excluding hydrogens is 316 g/mol. The van der Waals surface area contributed by atoms with Crippen LogP contribution in [0.25, 0.3) is 22.3 Å². The fraction of sp³-hybridized carbons (Fsp3) is 0.111. The molecule has 3 aromatic heterocycles. The quantitative estimate of drug-likeness (QED) is 0.584. The number of rotatable bonds is 5. The van der Waals surface area contributed by atoms with Crippen LogP contribution in [0.5, 0.6) is 5.88 Å². The summed E-state index contributed by atoms with van der Waals surface area (Å²) in [4.78, 5) is 20.6. The average Bonchev–Trinajstić information content (AvgIpc) is 3.10. The van der Waals surface area contributed by atoms with Crippen molar-refractivity contribution in [2.75, 3.05) is 12.4 Å². The van der Waals surface area contributed by atoms with Gasteiger partial charge in [0.05, 0.1) is 30.4 Å². The first-order valence-corrected chi connectivity index (χ1v) is 7.82. The zero-order valence-corrected chi connectivity index (χ0v) is 13.6. The van der Waals surface area contributed by atoms with E-state index in [1.165, 1.54) is 6.33 Å². The standard InChI is InChI=1S/C18H16N6O/c1-25-18-7-6-12(9-20-18)15-8-16(22-11-21-15)19-10-17-23-13-4-2-3-5-14(13)24-17/h2-9,11H,10H2,1H3,(H,23,24)(H,19,21,22). The van der Waals surface area contributed by atoms with E-state index in [9.17, 15) is 0 Å². The van der Waals surface area contributed by atoms with E-state index in [1.807, 2.05) is 36.4 Å². The van der Waals surface area contributed by atoms with Crippen molar-refractivity contribution < 1.29 is 4.74 Å². The largest absolute Gasteiger partial charge is 0.481 e. The summed E-state index contributed by atoms with van der Waals surface area (Å²) in [6.07, 6.45) is 3.25. The third kappa shape index (κ3) is 3.25. The maximum atomic E-state index is 5.07. The number of methoxy groups -OCH3 is 1. The van der Waals surface area contributed by atoms with Gasteiger partial charge in [-0.2, -0.15) is 0 Å². The zero-order valence-electron chi connectivity index (χ0n) is 13.6. The number of hydrogen-bond donors (Lipinski definition) is 2. The topological polar surface area (TPSA) is 88.6 Å². The number of nitrogens with zero attached hydrogens (tertiary/aromatic N) is 4. The highest BCUT2D eigenvalue weighted by Gasteiger charge is 2.05. The van der Waals surface area contributed by atoms with Crippen LogP contribution in [0.4, 0.5) is 5.82 Å². The number of nitrogens with one attached hydrogen (secondary N) is 2. The molecule has 25 heavy (non-hydrogen) atoms. The number of anilines is 1. The van der Waals surface area contributed by atoms with Crippen LogP contribution < -0.4 is 10.1 Å². The maximum Gasteiger partial charge on any atom is 0.212 e. The van der Waals surface area contributed by atoms with E-state index < -0.39 is 0 Å².